The van der Waals surface area contributed by atoms with Crippen molar-refractivity contribution in [2.75, 3.05) is 14.2 Å². The standard InChI is InChI=1S/C16H17N3O5S/c1-23-12-8-7-11(14(9-12)24-2)10-18-19-16(20)13-5-3-4-6-15(13)25(17,21)22/h3-10H,1-2H3,(H,19,20)(H2,17,21,22)/b18-10+. The Hall–Kier alpha value is -2.91. The van der Waals surface area contributed by atoms with E-state index in [2.05, 4.69) is 10.5 Å². The van der Waals surface area contributed by atoms with Crippen LogP contribution in [-0.2, 0) is 10.0 Å². The van der Waals surface area contributed by atoms with Crippen LogP contribution < -0.4 is 20.0 Å². The molecule has 0 fully saturated rings. The lowest BCUT2D eigenvalue weighted by molar-refractivity contribution is 0.0952. The van der Waals surface area contributed by atoms with Gasteiger partial charge in [-0.25, -0.2) is 19.0 Å². The topological polar surface area (TPSA) is 120 Å². The minimum atomic E-state index is -4.02. The Bertz CT molecular complexity index is 910. The number of hydrogen-bond donors (Lipinski definition) is 2. The van der Waals surface area contributed by atoms with E-state index in [1.807, 2.05) is 0 Å². The van der Waals surface area contributed by atoms with Crippen LogP contribution >= 0.6 is 0 Å². The number of nitrogens with one attached hydrogen (secondary N) is 1. The number of sulfonamides is 1. The first-order chi connectivity index (χ1) is 11.9. The molecule has 2 rings (SSSR count). The fraction of sp³-hybridized carbons (Fsp3) is 0.125. The van der Waals surface area contributed by atoms with Gasteiger partial charge < -0.3 is 9.47 Å². The zero-order valence-electron chi connectivity index (χ0n) is 13.6. The first kappa shape index (κ1) is 18.4. The minimum absolute atomic E-state index is 0.0937. The van der Waals surface area contributed by atoms with Crippen molar-refractivity contribution in [3.05, 3.63) is 53.6 Å². The quantitative estimate of drug-likeness (QED) is 0.588. The Kier molecular flexibility index (Phi) is 5.73. The molecule has 0 saturated heterocycles. The molecule has 0 unspecified atom stereocenters. The third-order valence-corrected chi connectivity index (χ3v) is 4.22. The fourth-order valence-corrected chi connectivity index (χ4v) is 2.78. The highest BCUT2D eigenvalue weighted by Crippen LogP contribution is 2.23. The lowest BCUT2D eigenvalue weighted by atomic mass is 10.2. The van der Waals surface area contributed by atoms with Gasteiger partial charge in [-0.2, -0.15) is 5.10 Å². The Balaban J connectivity index is 2.20. The summed E-state index contributed by atoms with van der Waals surface area (Å²) in [5.41, 5.74) is 2.77. The highest BCUT2D eigenvalue weighted by molar-refractivity contribution is 7.89. The average Bonchev–Trinajstić information content (AvgIpc) is 2.61. The molecule has 0 heterocycles. The molecule has 132 valence electrons. The lowest BCUT2D eigenvalue weighted by Crippen LogP contribution is -2.23. The molecule has 8 nitrogen and oxygen atoms in total. The number of hydrogen-bond acceptors (Lipinski definition) is 6. The average molecular weight is 363 g/mol. The summed E-state index contributed by atoms with van der Waals surface area (Å²) in [6.07, 6.45) is 1.37. The fourth-order valence-electron chi connectivity index (χ4n) is 2.05. The Morgan fingerprint density at radius 2 is 1.88 bits per heavy atom. The van der Waals surface area contributed by atoms with E-state index in [1.54, 1.807) is 18.2 Å². The van der Waals surface area contributed by atoms with Crippen LogP contribution in [0.2, 0.25) is 0 Å². The molecule has 0 bridgehead atoms. The highest BCUT2D eigenvalue weighted by Gasteiger charge is 2.18. The van der Waals surface area contributed by atoms with E-state index in [0.717, 1.165) is 0 Å². The summed E-state index contributed by atoms with van der Waals surface area (Å²) in [5.74, 6) is 0.413. The third-order valence-electron chi connectivity index (χ3n) is 3.25. The molecule has 0 radical (unpaired) electrons. The molecule has 0 spiro atoms. The summed E-state index contributed by atoms with van der Waals surface area (Å²) in [7, 11) is -0.994. The van der Waals surface area contributed by atoms with Crippen LogP contribution in [0.15, 0.2) is 52.5 Å². The van der Waals surface area contributed by atoms with Crippen molar-refractivity contribution in [2.24, 2.45) is 10.2 Å². The molecular weight excluding hydrogens is 346 g/mol. The summed E-state index contributed by atoms with van der Waals surface area (Å²) < 4.78 is 33.4. The van der Waals surface area contributed by atoms with Gasteiger partial charge in [0.25, 0.3) is 5.91 Å². The van der Waals surface area contributed by atoms with Crippen molar-refractivity contribution in [1.82, 2.24) is 5.43 Å². The zero-order valence-corrected chi connectivity index (χ0v) is 14.4. The van der Waals surface area contributed by atoms with Crippen molar-refractivity contribution < 1.29 is 22.7 Å². The highest BCUT2D eigenvalue weighted by atomic mass is 32.2. The van der Waals surface area contributed by atoms with E-state index in [-0.39, 0.29) is 10.5 Å². The van der Waals surface area contributed by atoms with Crippen molar-refractivity contribution in [3.8, 4) is 11.5 Å². The summed E-state index contributed by atoms with van der Waals surface area (Å²) in [6.45, 7) is 0. The molecule has 2 aromatic rings. The minimum Gasteiger partial charge on any atom is -0.497 e. The van der Waals surface area contributed by atoms with Gasteiger partial charge in [0.05, 0.1) is 30.9 Å². The van der Waals surface area contributed by atoms with E-state index in [4.69, 9.17) is 14.6 Å². The summed E-state index contributed by atoms with van der Waals surface area (Å²) in [6, 6.07) is 10.7. The maximum Gasteiger partial charge on any atom is 0.272 e. The van der Waals surface area contributed by atoms with E-state index in [1.165, 1.54) is 44.7 Å². The predicted octanol–water partition coefficient (Wildman–Crippen LogP) is 1.12. The van der Waals surface area contributed by atoms with E-state index in [0.29, 0.717) is 17.1 Å². The van der Waals surface area contributed by atoms with Crippen LogP contribution in [0.5, 0.6) is 11.5 Å². The van der Waals surface area contributed by atoms with E-state index in [9.17, 15) is 13.2 Å². The normalized spacial score (nSPS) is 11.3. The van der Waals surface area contributed by atoms with Crippen LogP contribution in [0, 0.1) is 0 Å². The maximum atomic E-state index is 12.2. The van der Waals surface area contributed by atoms with Crippen molar-refractivity contribution in [2.45, 2.75) is 4.90 Å². The zero-order chi connectivity index (χ0) is 18.4. The van der Waals surface area contributed by atoms with E-state index < -0.39 is 15.9 Å². The number of nitrogens with two attached hydrogens (primary N) is 1. The number of nitrogens with zero attached hydrogens (tertiary/aromatic N) is 1. The third kappa shape index (κ3) is 4.55. The SMILES string of the molecule is COc1ccc(/C=N/NC(=O)c2ccccc2S(N)(=O)=O)c(OC)c1. The van der Waals surface area contributed by atoms with Crippen LogP contribution in [-0.4, -0.2) is 34.8 Å². The van der Waals surface area contributed by atoms with Gasteiger partial charge in [-0.05, 0) is 24.3 Å². The van der Waals surface area contributed by atoms with Crippen LogP contribution in [0.4, 0.5) is 0 Å². The number of primary sulfonamides is 1. The molecule has 0 aliphatic rings. The second-order valence-corrected chi connectivity index (χ2v) is 6.38. The van der Waals surface area contributed by atoms with Gasteiger partial charge in [0, 0.05) is 11.6 Å². The molecule has 25 heavy (non-hydrogen) atoms. The Morgan fingerprint density at radius 1 is 1.16 bits per heavy atom. The number of rotatable bonds is 6. The second kappa shape index (κ2) is 7.77. The number of hydrazone groups is 1. The Labute approximate surface area is 145 Å². The molecule has 0 aliphatic carbocycles. The molecule has 3 N–H and O–H groups in total. The van der Waals surface area contributed by atoms with Crippen LogP contribution in [0.3, 0.4) is 0 Å². The van der Waals surface area contributed by atoms with E-state index >= 15 is 0 Å². The van der Waals surface area contributed by atoms with Crippen LogP contribution in [0.1, 0.15) is 15.9 Å². The predicted molar refractivity (Wildman–Crippen MR) is 92.4 cm³/mol. The Morgan fingerprint density at radius 3 is 2.52 bits per heavy atom. The second-order valence-electron chi connectivity index (χ2n) is 4.85. The summed E-state index contributed by atoms with van der Waals surface area (Å²) in [4.78, 5) is 11.9. The maximum absolute atomic E-state index is 12.2. The number of ether oxygens (including phenoxy) is 2. The summed E-state index contributed by atoms with van der Waals surface area (Å²) >= 11 is 0. The first-order valence-corrected chi connectivity index (χ1v) is 8.58. The smallest absolute Gasteiger partial charge is 0.272 e. The number of carbonyl (C=O) groups is 1. The molecule has 0 aliphatic heterocycles. The van der Waals surface area contributed by atoms with Crippen molar-refractivity contribution in [1.29, 1.82) is 0 Å². The molecule has 9 heteroatoms. The van der Waals surface area contributed by atoms with Gasteiger partial charge in [-0.1, -0.05) is 12.1 Å². The van der Waals surface area contributed by atoms with Crippen molar-refractivity contribution >= 4 is 22.1 Å². The van der Waals surface area contributed by atoms with Gasteiger partial charge >= 0.3 is 0 Å². The van der Waals surface area contributed by atoms with Gasteiger partial charge in [0.2, 0.25) is 10.0 Å². The van der Waals surface area contributed by atoms with Crippen molar-refractivity contribution in [3.63, 3.8) is 0 Å². The molecule has 0 saturated carbocycles. The number of methoxy groups -OCH3 is 2. The van der Waals surface area contributed by atoms with Gasteiger partial charge in [0.1, 0.15) is 11.5 Å². The molecular formula is C16H17N3O5S. The number of amides is 1. The van der Waals surface area contributed by atoms with Gasteiger partial charge in [-0.3, -0.25) is 4.79 Å². The number of benzene rings is 2. The van der Waals surface area contributed by atoms with Gasteiger partial charge in [0.15, 0.2) is 0 Å². The molecule has 1 amide bonds. The monoisotopic (exact) mass is 363 g/mol. The lowest BCUT2D eigenvalue weighted by Gasteiger charge is -2.07. The number of carbonyl (C=O) groups excluding carboxylic acids is 1. The molecule has 0 aromatic heterocycles. The molecule has 2 aromatic carbocycles. The molecule has 0 atom stereocenters. The largest absolute Gasteiger partial charge is 0.497 e. The first-order valence-electron chi connectivity index (χ1n) is 7.04. The van der Waals surface area contributed by atoms with Gasteiger partial charge in [-0.15, -0.1) is 0 Å². The summed E-state index contributed by atoms with van der Waals surface area (Å²) in [5, 5.41) is 8.93. The van der Waals surface area contributed by atoms with Crippen LogP contribution in [0.25, 0.3) is 0 Å².